The molecule has 0 heterocycles. The van der Waals surface area contributed by atoms with Gasteiger partial charge in [-0.2, -0.15) is 0 Å². The van der Waals surface area contributed by atoms with Crippen LogP contribution in [0.2, 0.25) is 0 Å². The van der Waals surface area contributed by atoms with Crippen LogP contribution >= 0.6 is 0 Å². The number of nitrogens with two attached hydrogens (primary N) is 1. The zero-order valence-corrected chi connectivity index (χ0v) is 12.1. The van der Waals surface area contributed by atoms with Gasteiger partial charge in [-0.15, -0.1) is 0 Å². The summed E-state index contributed by atoms with van der Waals surface area (Å²) < 4.78 is 31.7. The highest BCUT2D eigenvalue weighted by molar-refractivity contribution is 7.89. The van der Waals surface area contributed by atoms with Crippen molar-refractivity contribution in [1.29, 1.82) is 0 Å². The monoisotopic (exact) mass is 288 g/mol. The number of hydrogen-bond donors (Lipinski definition) is 3. The van der Waals surface area contributed by atoms with Crippen LogP contribution < -0.4 is 15.2 Å². The molecule has 1 aromatic carbocycles. The quantitative estimate of drug-likeness (QED) is 0.683. The Balaban J connectivity index is 2.97. The number of sulfonamides is 1. The molecule has 0 saturated heterocycles. The van der Waals surface area contributed by atoms with Gasteiger partial charge in [0.15, 0.2) is 0 Å². The number of nitrogens with one attached hydrogen (secondary N) is 1. The molecule has 19 heavy (non-hydrogen) atoms. The van der Waals surface area contributed by atoms with Crippen molar-refractivity contribution in [3.63, 3.8) is 0 Å². The smallest absolute Gasteiger partial charge is 0.244 e. The first-order valence-electron chi connectivity index (χ1n) is 5.86. The van der Waals surface area contributed by atoms with E-state index in [0.717, 1.165) is 5.56 Å². The Morgan fingerprint density at radius 3 is 2.63 bits per heavy atom. The number of rotatable bonds is 6. The van der Waals surface area contributed by atoms with Gasteiger partial charge in [-0.3, -0.25) is 0 Å². The van der Waals surface area contributed by atoms with Crippen molar-refractivity contribution < 1.29 is 18.3 Å². The molecular weight excluding hydrogens is 268 g/mol. The minimum atomic E-state index is -3.72. The topological polar surface area (TPSA) is 102 Å². The molecule has 4 N–H and O–H groups in total. The molecule has 0 aliphatic carbocycles. The first kappa shape index (κ1) is 15.9. The molecule has 0 aliphatic heterocycles. The minimum Gasteiger partial charge on any atom is -0.495 e. The third kappa shape index (κ3) is 4.17. The van der Waals surface area contributed by atoms with Gasteiger partial charge in [0.1, 0.15) is 10.6 Å². The summed E-state index contributed by atoms with van der Waals surface area (Å²) in [5, 5.41) is 9.25. The van der Waals surface area contributed by atoms with Crippen molar-refractivity contribution in [3.05, 3.63) is 23.8 Å². The molecule has 1 rings (SSSR count). The molecule has 0 amide bonds. The molecular formula is C12H20N2O4S. The molecule has 0 saturated carbocycles. The highest BCUT2D eigenvalue weighted by atomic mass is 32.2. The van der Waals surface area contributed by atoms with Crippen LogP contribution in [0.1, 0.15) is 12.5 Å². The molecule has 6 nitrogen and oxygen atoms in total. The van der Waals surface area contributed by atoms with E-state index in [9.17, 15) is 13.5 Å². The van der Waals surface area contributed by atoms with Crippen LogP contribution in [0.4, 0.5) is 0 Å². The molecule has 0 aromatic heterocycles. The third-order valence-corrected chi connectivity index (χ3v) is 4.18. The predicted molar refractivity (Wildman–Crippen MR) is 72.6 cm³/mol. The van der Waals surface area contributed by atoms with E-state index >= 15 is 0 Å². The summed E-state index contributed by atoms with van der Waals surface area (Å²) in [6.07, 6.45) is -0.790. The lowest BCUT2D eigenvalue weighted by Crippen LogP contribution is -2.43. The van der Waals surface area contributed by atoms with E-state index in [1.165, 1.54) is 20.1 Å². The number of ether oxygens (including phenoxy) is 1. The van der Waals surface area contributed by atoms with E-state index in [1.54, 1.807) is 19.1 Å². The van der Waals surface area contributed by atoms with Gasteiger partial charge in [-0.05, 0) is 31.5 Å². The van der Waals surface area contributed by atoms with Crippen LogP contribution in [-0.4, -0.2) is 39.3 Å². The van der Waals surface area contributed by atoms with Crippen molar-refractivity contribution in [2.45, 2.75) is 30.9 Å². The van der Waals surface area contributed by atoms with E-state index in [4.69, 9.17) is 10.5 Å². The maximum atomic E-state index is 12.2. The lowest BCUT2D eigenvalue weighted by Gasteiger charge is -2.16. The summed E-state index contributed by atoms with van der Waals surface area (Å²) in [5.41, 5.74) is 6.40. The van der Waals surface area contributed by atoms with Crippen molar-refractivity contribution in [3.8, 4) is 5.75 Å². The molecule has 108 valence electrons. The van der Waals surface area contributed by atoms with Crippen LogP contribution in [0.25, 0.3) is 0 Å². The van der Waals surface area contributed by atoms with Gasteiger partial charge in [0, 0.05) is 12.6 Å². The zero-order valence-electron chi connectivity index (χ0n) is 11.3. The molecule has 0 radical (unpaired) electrons. The molecule has 7 heteroatoms. The van der Waals surface area contributed by atoms with Gasteiger partial charge in [0.05, 0.1) is 13.2 Å². The molecule has 0 spiro atoms. The Bertz CT molecular complexity index is 529. The van der Waals surface area contributed by atoms with E-state index in [-0.39, 0.29) is 17.2 Å². The van der Waals surface area contributed by atoms with Gasteiger partial charge in [0.25, 0.3) is 0 Å². The lowest BCUT2D eigenvalue weighted by atomic mass is 10.2. The number of aryl methyl sites for hydroxylation is 1. The van der Waals surface area contributed by atoms with E-state index < -0.39 is 22.2 Å². The number of methoxy groups -OCH3 is 1. The average Bonchev–Trinajstić information content (AvgIpc) is 2.35. The van der Waals surface area contributed by atoms with Crippen LogP contribution in [0, 0.1) is 6.92 Å². The second-order valence-electron chi connectivity index (χ2n) is 4.41. The summed E-state index contributed by atoms with van der Waals surface area (Å²) >= 11 is 0. The standard InChI is InChI=1S/C12H20N2O4S/c1-8-4-5-11(18-3)12(6-8)19(16,17)14-7-10(13)9(2)15/h4-6,9-10,14-15H,7,13H2,1-3H3. The first-order chi connectivity index (χ1) is 8.77. The van der Waals surface area contributed by atoms with Gasteiger partial charge in [0.2, 0.25) is 10.0 Å². The summed E-state index contributed by atoms with van der Waals surface area (Å²) in [5.74, 6) is 0.267. The zero-order chi connectivity index (χ0) is 14.6. The summed E-state index contributed by atoms with van der Waals surface area (Å²) in [7, 11) is -2.31. The molecule has 0 aliphatic rings. The second kappa shape index (κ2) is 6.33. The average molecular weight is 288 g/mol. The SMILES string of the molecule is COc1ccc(C)cc1S(=O)(=O)NCC(N)C(C)O. The highest BCUT2D eigenvalue weighted by Crippen LogP contribution is 2.24. The number of aliphatic hydroxyl groups is 1. The molecule has 0 fully saturated rings. The van der Waals surface area contributed by atoms with Crippen LogP contribution in [0.3, 0.4) is 0 Å². The van der Waals surface area contributed by atoms with Gasteiger partial charge >= 0.3 is 0 Å². The fourth-order valence-corrected chi connectivity index (χ4v) is 2.77. The minimum absolute atomic E-state index is 0.0445. The Hall–Kier alpha value is -1.15. The largest absolute Gasteiger partial charge is 0.495 e. The lowest BCUT2D eigenvalue weighted by molar-refractivity contribution is 0.164. The third-order valence-electron chi connectivity index (χ3n) is 2.74. The van der Waals surface area contributed by atoms with Crippen molar-refractivity contribution in [1.82, 2.24) is 4.72 Å². The Kier molecular flexibility index (Phi) is 5.30. The number of benzene rings is 1. The highest BCUT2D eigenvalue weighted by Gasteiger charge is 2.21. The normalized spacial score (nSPS) is 15.0. The molecule has 2 unspecified atom stereocenters. The van der Waals surface area contributed by atoms with Crippen LogP contribution in [0.15, 0.2) is 23.1 Å². The van der Waals surface area contributed by atoms with Gasteiger partial charge < -0.3 is 15.6 Å². The Morgan fingerprint density at radius 2 is 2.11 bits per heavy atom. The molecule has 2 atom stereocenters. The van der Waals surface area contributed by atoms with E-state index in [1.807, 2.05) is 0 Å². The second-order valence-corrected chi connectivity index (χ2v) is 6.15. The van der Waals surface area contributed by atoms with Crippen LogP contribution in [0.5, 0.6) is 5.75 Å². The Labute approximate surface area is 113 Å². The fraction of sp³-hybridized carbons (Fsp3) is 0.500. The summed E-state index contributed by atoms with van der Waals surface area (Å²) in [4.78, 5) is 0.0628. The molecule has 1 aromatic rings. The van der Waals surface area contributed by atoms with E-state index in [0.29, 0.717) is 0 Å². The van der Waals surface area contributed by atoms with Gasteiger partial charge in [-0.1, -0.05) is 6.07 Å². The number of aliphatic hydroxyl groups excluding tert-OH is 1. The van der Waals surface area contributed by atoms with E-state index in [2.05, 4.69) is 4.72 Å². The Morgan fingerprint density at radius 1 is 1.47 bits per heavy atom. The molecule has 0 bridgehead atoms. The van der Waals surface area contributed by atoms with Crippen molar-refractivity contribution >= 4 is 10.0 Å². The summed E-state index contributed by atoms with van der Waals surface area (Å²) in [6.45, 7) is 3.25. The maximum absolute atomic E-state index is 12.2. The first-order valence-corrected chi connectivity index (χ1v) is 7.34. The fourth-order valence-electron chi connectivity index (χ4n) is 1.45. The maximum Gasteiger partial charge on any atom is 0.244 e. The summed E-state index contributed by atoms with van der Waals surface area (Å²) in [6, 6.07) is 4.22. The predicted octanol–water partition coefficient (Wildman–Crippen LogP) is -0.00998. The number of hydrogen-bond acceptors (Lipinski definition) is 5. The van der Waals surface area contributed by atoms with Crippen molar-refractivity contribution in [2.75, 3.05) is 13.7 Å². The van der Waals surface area contributed by atoms with Gasteiger partial charge in [-0.25, -0.2) is 13.1 Å². The van der Waals surface area contributed by atoms with Crippen LogP contribution in [-0.2, 0) is 10.0 Å². The van der Waals surface area contributed by atoms with Crippen molar-refractivity contribution in [2.24, 2.45) is 5.73 Å².